The minimum absolute atomic E-state index is 0.195. The van der Waals surface area contributed by atoms with Gasteiger partial charge < -0.3 is 0 Å². The zero-order valence-electron chi connectivity index (χ0n) is 8.59. The van der Waals surface area contributed by atoms with E-state index >= 15 is 0 Å². The molecule has 0 nitrogen and oxygen atoms in total. The average molecular weight is 443 g/mol. The molecule has 0 saturated carbocycles. The molecule has 1 aromatic carbocycles. The summed E-state index contributed by atoms with van der Waals surface area (Å²) in [4.78, 5) is 0.227. The molecule has 0 bridgehead atoms. The number of hydrogen-bond donors (Lipinski definition) is 0. The van der Waals surface area contributed by atoms with Crippen molar-refractivity contribution < 1.29 is 4.39 Å². The van der Waals surface area contributed by atoms with Crippen LogP contribution in [-0.4, -0.2) is 0 Å². The van der Waals surface area contributed by atoms with Crippen LogP contribution in [0.4, 0.5) is 4.39 Å². The van der Waals surface area contributed by atoms with E-state index in [0.29, 0.717) is 0 Å². The normalized spacial score (nSPS) is 12.7. The third kappa shape index (κ3) is 3.63. The van der Waals surface area contributed by atoms with Gasteiger partial charge in [0, 0.05) is 4.83 Å². The molecule has 1 atom stereocenters. The molecule has 0 aliphatic rings. The maximum Gasteiger partial charge on any atom is 0.123 e. The van der Waals surface area contributed by atoms with Gasteiger partial charge in [-0.15, -0.1) is 11.3 Å². The molecule has 0 aliphatic heterocycles. The van der Waals surface area contributed by atoms with E-state index in [2.05, 4.69) is 53.9 Å². The molecule has 2 rings (SSSR count). The number of benzene rings is 1. The molecule has 2 aromatic rings. The van der Waals surface area contributed by atoms with Crippen LogP contribution in [-0.2, 0) is 6.42 Å². The number of alkyl halides is 1. The number of hydrogen-bond acceptors (Lipinski definition) is 1. The predicted octanol–water partition coefficient (Wildman–Crippen LogP) is 6.09. The van der Waals surface area contributed by atoms with Crippen LogP contribution in [0, 0.1) is 5.82 Å². The van der Waals surface area contributed by atoms with Gasteiger partial charge in [-0.05, 0) is 67.6 Å². The summed E-state index contributed by atoms with van der Waals surface area (Å²) in [6, 6.07) is 8.72. The van der Waals surface area contributed by atoms with Crippen molar-refractivity contribution in [3.05, 3.63) is 54.8 Å². The fourth-order valence-corrected chi connectivity index (χ4v) is 5.67. The molecule has 5 heteroatoms. The lowest BCUT2D eigenvalue weighted by atomic mass is 10.1. The highest BCUT2D eigenvalue weighted by Gasteiger charge is 2.14. The van der Waals surface area contributed by atoms with E-state index in [0.717, 1.165) is 19.6 Å². The van der Waals surface area contributed by atoms with E-state index in [-0.39, 0.29) is 10.6 Å². The Kier molecular flexibility index (Phi) is 4.80. The minimum atomic E-state index is -0.195. The molecule has 90 valence electrons. The van der Waals surface area contributed by atoms with Crippen molar-refractivity contribution in [3.63, 3.8) is 0 Å². The number of rotatable bonds is 3. The Hall–Kier alpha value is 0.290. The van der Waals surface area contributed by atoms with Crippen molar-refractivity contribution in [3.8, 4) is 0 Å². The third-order valence-corrected chi connectivity index (χ3v) is 5.55. The third-order valence-electron chi connectivity index (χ3n) is 2.35. The van der Waals surface area contributed by atoms with Gasteiger partial charge in [0.25, 0.3) is 0 Å². The fourth-order valence-electron chi connectivity index (χ4n) is 1.50. The maximum absolute atomic E-state index is 12.8. The summed E-state index contributed by atoms with van der Waals surface area (Å²) in [6.07, 6.45) is 0.835. The standard InChI is InChI=1S/C12H8Br3FS/c13-10(9-6-11(14)17-12(9)15)5-7-1-3-8(16)4-2-7/h1-4,6,10H,5H2. The second-order valence-electron chi connectivity index (χ2n) is 3.58. The van der Waals surface area contributed by atoms with Crippen LogP contribution in [0.2, 0.25) is 0 Å². The first-order valence-electron chi connectivity index (χ1n) is 4.89. The highest BCUT2D eigenvalue weighted by Crippen LogP contribution is 2.40. The molecule has 0 spiro atoms. The summed E-state index contributed by atoms with van der Waals surface area (Å²) in [5.74, 6) is -0.195. The lowest BCUT2D eigenvalue weighted by Gasteiger charge is -2.09. The van der Waals surface area contributed by atoms with Crippen molar-refractivity contribution in [1.82, 2.24) is 0 Å². The largest absolute Gasteiger partial charge is 0.207 e. The molecule has 1 heterocycles. The van der Waals surface area contributed by atoms with Crippen molar-refractivity contribution in [2.24, 2.45) is 0 Å². The van der Waals surface area contributed by atoms with Crippen LogP contribution >= 0.6 is 59.1 Å². The average Bonchev–Trinajstić information content (AvgIpc) is 2.61. The Labute approximate surface area is 129 Å². The molecule has 1 aromatic heterocycles. The first kappa shape index (κ1) is 13.7. The Morgan fingerprint density at radius 2 is 1.82 bits per heavy atom. The van der Waals surface area contributed by atoms with Crippen LogP contribution in [0.25, 0.3) is 0 Å². The molecule has 1 unspecified atom stereocenters. The first-order chi connectivity index (χ1) is 8.06. The van der Waals surface area contributed by atoms with Crippen LogP contribution in [0.3, 0.4) is 0 Å². The number of halogens is 4. The highest BCUT2D eigenvalue weighted by atomic mass is 79.9. The van der Waals surface area contributed by atoms with E-state index in [9.17, 15) is 4.39 Å². The second-order valence-corrected chi connectivity index (χ2v) is 8.43. The van der Waals surface area contributed by atoms with Gasteiger partial charge >= 0.3 is 0 Å². The molecule has 0 aliphatic carbocycles. The topological polar surface area (TPSA) is 0 Å². The quantitative estimate of drug-likeness (QED) is 0.504. The van der Waals surface area contributed by atoms with E-state index in [1.54, 1.807) is 11.3 Å². The van der Waals surface area contributed by atoms with Gasteiger partial charge in [0.15, 0.2) is 0 Å². The van der Waals surface area contributed by atoms with Gasteiger partial charge in [-0.2, -0.15) is 0 Å². The van der Waals surface area contributed by atoms with Gasteiger partial charge in [0.1, 0.15) is 5.82 Å². The van der Waals surface area contributed by atoms with E-state index in [4.69, 9.17) is 0 Å². The molecule has 0 amide bonds. The smallest absolute Gasteiger partial charge is 0.123 e. The molecule has 0 fully saturated rings. The van der Waals surface area contributed by atoms with E-state index < -0.39 is 0 Å². The summed E-state index contributed by atoms with van der Waals surface area (Å²) in [7, 11) is 0. The van der Waals surface area contributed by atoms with Gasteiger partial charge in [-0.25, -0.2) is 4.39 Å². The minimum Gasteiger partial charge on any atom is -0.207 e. The van der Waals surface area contributed by atoms with Crippen molar-refractivity contribution in [1.29, 1.82) is 0 Å². The molecule has 0 N–H and O–H groups in total. The Morgan fingerprint density at radius 1 is 1.18 bits per heavy atom. The van der Waals surface area contributed by atoms with Crippen LogP contribution in [0.15, 0.2) is 37.9 Å². The zero-order valence-corrected chi connectivity index (χ0v) is 14.2. The summed E-state index contributed by atoms with van der Waals surface area (Å²) < 4.78 is 15.0. The molecular weight excluding hydrogens is 435 g/mol. The van der Waals surface area contributed by atoms with Crippen molar-refractivity contribution in [2.75, 3.05) is 0 Å². The lowest BCUT2D eigenvalue weighted by molar-refractivity contribution is 0.627. The van der Waals surface area contributed by atoms with Gasteiger partial charge in [0.2, 0.25) is 0 Å². The maximum atomic E-state index is 12.8. The predicted molar refractivity (Wildman–Crippen MR) is 81.5 cm³/mol. The fraction of sp³-hybridized carbons (Fsp3) is 0.167. The first-order valence-corrected chi connectivity index (χ1v) is 8.21. The SMILES string of the molecule is Fc1ccc(CC(Br)c2cc(Br)sc2Br)cc1. The van der Waals surface area contributed by atoms with Gasteiger partial charge in [0.05, 0.1) is 7.57 Å². The van der Waals surface area contributed by atoms with Crippen LogP contribution in [0.1, 0.15) is 16.0 Å². The number of thiophene rings is 1. The highest BCUT2D eigenvalue weighted by molar-refractivity contribution is 9.12. The van der Waals surface area contributed by atoms with Gasteiger partial charge in [-0.1, -0.05) is 28.1 Å². The summed E-state index contributed by atoms with van der Waals surface area (Å²) in [6.45, 7) is 0. The molecule has 0 radical (unpaired) electrons. The summed E-state index contributed by atoms with van der Waals surface area (Å²) in [5.41, 5.74) is 2.33. The van der Waals surface area contributed by atoms with E-state index in [1.807, 2.05) is 12.1 Å². The van der Waals surface area contributed by atoms with E-state index in [1.165, 1.54) is 17.7 Å². The Bertz CT molecular complexity index is 507. The van der Waals surface area contributed by atoms with Gasteiger partial charge in [-0.3, -0.25) is 0 Å². The Morgan fingerprint density at radius 3 is 2.35 bits per heavy atom. The summed E-state index contributed by atoms with van der Waals surface area (Å²) in [5, 5.41) is 0. The second kappa shape index (κ2) is 5.95. The summed E-state index contributed by atoms with van der Waals surface area (Å²) >= 11 is 12.3. The molecular formula is C12H8Br3FS. The lowest BCUT2D eigenvalue weighted by Crippen LogP contribution is -1.94. The molecule has 17 heavy (non-hydrogen) atoms. The van der Waals surface area contributed by atoms with Crippen molar-refractivity contribution >= 4 is 59.1 Å². The Balaban J connectivity index is 2.14. The van der Waals surface area contributed by atoms with Crippen molar-refractivity contribution in [2.45, 2.75) is 11.2 Å². The zero-order chi connectivity index (χ0) is 12.4. The molecule has 0 saturated heterocycles. The van der Waals surface area contributed by atoms with Crippen LogP contribution in [0.5, 0.6) is 0 Å². The van der Waals surface area contributed by atoms with Crippen LogP contribution < -0.4 is 0 Å². The monoisotopic (exact) mass is 440 g/mol.